The van der Waals surface area contributed by atoms with E-state index in [4.69, 9.17) is 0 Å². The molecule has 1 aliphatic rings. The molecule has 0 aromatic carbocycles. The highest BCUT2D eigenvalue weighted by molar-refractivity contribution is 5.92. The molecule has 0 aliphatic carbocycles. The quantitative estimate of drug-likeness (QED) is 0.825. The van der Waals surface area contributed by atoms with Gasteiger partial charge >= 0.3 is 0 Å². The van der Waals surface area contributed by atoms with Crippen LogP contribution in [0.1, 0.15) is 34.8 Å². The first-order valence-electron chi connectivity index (χ1n) is 6.91. The van der Waals surface area contributed by atoms with Crippen molar-refractivity contribution < 1.29 is 4.79 Å². The molecule has 1 unspecified atom stereocenters. The molecule has 3 heterocycles. The molecule has 6 heteroatoms. The third kappa shape index (κ3) is 2.45. The Morgan fingerprint density at radius 2 is 2.20 bits per heavy atom. The second kappa shape index (κ2) is 5.11. The number of rotatable bonds is 2. The Balaban J connectivity index is 1.73. The number of carbonyl (C=O) groups is 1. The third-order valence-electron chi connectivity index (χ3n) is 3.84. The van der Waals surface area contributed by atoms with Crippen molar-refractivity contribution in [3.63, 3.8) is 0 Å². The minimum absolute atomic E-state index is 0.0270. The minimum atomic E-state index is 0.0270. The van der Waals surface area contributed by atoms with Gasteiger partial charge in [-0.3, -0.25) is 14.2 Å². The predicted molar refractivity (Wildman–Crippen MR) is 74.3 cm³/mol. The van der Waals surface area contributed by atoms with Crippen molar-refractivity contribution in [1.29, 1.82) is 0 Å². The molecule has 3 rings (SSSR count). The molecule has 20 heavy (non-hydrogen) atoms. The van der Waals surface area contributed by atoms with Crippen LogP contribution in [0.25, 0.3) is 0 Å². The van der Waals surface area contributed by atoms with E-state index in [1.807, 2.05) is 36.1 Å². The summed E-state index contributed by atoms with van der Waals surface area (Å²) in [5.41, 5.74) is 1.74. The summed E-state index contributed by atoms with van der Waals surface area (Å²) in [6.07, 6.45) is 7.88. The first-order valence-corrected chi connectivity index (χ1v) is 6.91. The summed E-state index contributed by atoms with van der Waals surface area (Å²) < 4.78 is 3.48. The maximum absolute atomic E-state index is 12.4. The smallest absolute Gasteiger partial charge is 0.274 e. The van der Waals surface area contributed by atoms with E-state index in [1.54, 1.807) is 16.9 Å². The van der Waals surface area contributed by atoms with Crippen LogP contribution >= 0.6 is 0 Å². The van der Waals surface area contributed by atoms with Crippen LogP contribution in [-0.2, 0) is 14.1 Å². The Labute approximate surface area is 118 Å². The van der Waals surface area contributed by atoms with Crippen molar-refractivity contribution in [2.45, 2.75) is 18.8 Å². The highest BCUT2D eigenvalue weighted by atomic mass is 16.2. The summed E-state index contributed by atoms with van der Waals surface area (Å²) in [7, 11) is 3.74. The van der Waals surface area contributed by atoms with E-state index in [1.165, 1.54) is 5.56 Å². The first-order chi connectivity index (χ1) is 9.63. The molecule has 0 spiro atoms. The Kier molecular flexibility index (Phi) is 3.30. The molecule has 1 saturated heterocycles. The SMILES string of the molecule is Cn1cc(C2CCCN(C(=O)c3ccn(C)n3)C2)cn1. The molecule has 0 bridgehead atoms. The topological polar surface area (TPSA) is 56.0 Å². The van der Waals surface area contributed by atoms with Crippen molar-refractivity contribution >= 4 is 5.91 Å². The van der Waals surface area contributed by atoms with Gasteiger partial charge in [0.1, 0.15) is 5.69 Å². The van der Waals surface area contributed by atoms with Crippen LogP contribution in [0, 0.1) is 0 Å². The molecule has 6 nitrogen and oxygen atoms in total. The zero-order chi connectivity index (χ0) is 14.1. The molecule has 1 fully saturated rings. The summed E-state index contributed by atoms with van der Waals surface area (Å²) in [6.45, 7) is 1.56. The van der Waals surface area contributed by atoms with Gasteiger partial charge in [-0.05, 0) is 24.5 Å². The van der Waals surface area contributed by atoms with E-state index in [-0.39, 0.29) is 5.91 Å². The molecule has 106 valence electrons. The minimum Gasteiger partial charge on any atom is -0.337 e. The fourth-order valence-corrected chi connectivity index (χ4v) is 2.78. The molecule has 1 aliphatic heterocycles. The fourth-order valence-electron chi connectivity index (χ4n) is 2.78. The third-order valence-corrected chi connectivity index (χ3v) is 3.84. The van der Waals surface area contributed by atoms with E-state index in [2.05, 4.69) is 10.2 Å². The standard InChI is InChI=1S/C14H19N5O/c1-17-7-5-13(16-17)14(20)19-6-3-4-11(10-19)12-8-15-18(2)9-12/h5,7-9,11H,3-4,6,10H2,1-2H3. The van der Waals surface area contributed by atoms with E-state index in [9.17, 15) is 4.79 Å². The summed E-state index contributed by atoms with van der Waals surface area (Å²) in [4.78, 5) is 14.3. The average Bonchev–Trinajstić information content (AvgIpc) is 3.07. The molecule has 2 aromatic rings. The molecule has 1 atom stereocenters. The number of hydrogen-bond donors (Lipinski definition) is 0. The first kappa shape index (κ1) is 12.9. The van der Waals surface area contributed by atoms with Gasteiger partial charge in [0, 0.05) is 45.5 Å². The van der Waals surface area contributed by atoms with Gasteiger partial charge in [0.2, 0.25) is 0 Å². The second-order valence-electron chi connectivity index (χ2n) is 5.41. The largest absolute Gasteiger partial charge is 0.337 e. The summed E-state index contributed by atoms with van der Waals surface area (Å²) in [5.74, 6) is 0.407. The van der Waals surface area contributed by atoms with Crippen LogP contribution < -0.4 is 0 Å². The summed E-state index contributed by atoms with van der Waals surface area (Å²) in [6, 6.07) is 1.77. The van der Waals surface area contributed by atoms with E-state index in [0.29, 0.717) is 11.6 Å². The van der Waals surface area contributed by atoms with Crippen LogP contribution in [0.4, 0.5) is 0 Å². The van der Waals surface area contributed by atoms with Crippen LogP contribution in [0.2, 0.25) is 0 Å². The maximum Gasteiger partial charge on any atom is 0.274 e. The zero-order valence-electron chi connectivity index (χ0n) is 11.9. The number of hydrogen-bond acceptors (Lipinski definition) is 3. The van der Waals surface area contributed by atoms with E-state index >= 15 is 0 Å². The van der Waals surface area contributed by atoms with E-state index in [0.717, 1.165) is 25.9 Å². The normalized spacial score (nSPS) is 19.3. The fraction of sp³-hybridized carbons (Fsp3) is 0.500. The molecule has 2 aromatic heterocycles. The summed E-state index contributed by atoms with van der Waals surface area (Å²) in [5, 5.41) is 8.42. The van der Waals surface area contributed by atoms with Gasteiger partial charge in [-0.15, -0.1) is 0 Å². The number of nitrogens with zero attached hydrogens (tertiary/aromatic N) is 5. The predicted octanol–water partition coefficient (Wildman–Crippen LogP) is 1.17. The molecular formula is C14H19N5O. The van der Waals surface area contributed by atoms with Crippen LogP contribution in [0.5, 0.6) is 0 Å². The van der Waals surface area contributed by atoms with Crippen LogP contribution in [0.3, 0.4) is 0 Å². The molecule has 0 radical (unpaired) electrons. The lowest BCUT2D eigenvalue weighted by Gasteiger charge is -2.31. The maximum atomic E-state index is 12.4. The summed E-state index contributed by atoms with van der Waals surface area (Å²) >= 11 is 0. The van der Waals surface area contributed by atoms with Gasteiger partial charge in [-0.1, -0.05) is 0 Å². The van der Waals surface area contributed by atoms with Crippen LogP contribution in [0.15, 0.2) is 24.7 Å². The van der Waals surface area contributed by atoms with Crippen LogP contribution in [-0.4, -0.2) is 43.5 Å². The Bertz CT molecular complexity index is 615. The molecular weight excluding hydrogens is 254 g/mol. The number of carbonyl (C=O) groups excluding carboxylic acids is 1. The Morgan fingerprint density at radius 1 is 1.35 bits per heavy atom. The number of aromatic nitrogens is 4. The highest BCUT2D eigenvalue weighted by Crippen LogP contribution is 2.27. The average molecular weight is 273 g/mol. The van der Waals surface area contributed by atoms with Gasteiger partial charge in [-0.2, -0.15) is 10.2 Å². The number of likely N-dealkylation sites (tertiary alicyclic amines) is 1. The lowest BCUT2D eigenvalue weighted by atomic mass is 9.92. The lowest BCUT2D eigenvalue weighted by Crippen LogP contribution is -2.39. The van der Waals surface area contributed by atoms with Gasteiger partial charge in [0.15, 0.2) is 0 Å². The van der Waals surface area contributed by atoms with Gasteiger partial charge < -0.3 is 4.90 Å². The monoisotopic (exact) mass is 273 g/mol. The second-order valence-corrected chi connectivity index (χ2v) is 5.41. The highest BCUT2D eigenvalue weighted by Gasteiger charge is 2.27. The number of aryl methyl sites for hydroxylation is 2. The number of amides is 1. The van der Waals surface area contributed by atoms with Crippen molar-refractivity contribution in [1.82, 2.24) is 24.5 Å². The van der Waals surface area contributed by atoms with Gasteiger partial charge in [-0.25, -0.2) is 0 Å². The van der Waals surface area contributed by atoms with E-state index < -0.39 is 0 Å². The number of piperidine rings is 1. The van der Waals surface area contributed by atoms with Gasteiger partial charge in [0.25, 0.3) is 5.91 Å². The van der Waals surface area contributed by atoms with Gasteiger partial charge in [0.05, 0.1) is 6.20 Å². The van der Waals surface area contributed by atoms with Crippen molar-refractivity contribution in [2.75, 3.05) is 13.1 Å². The Hall–Kier alpha value is -2.11. The van der Waals surface area contributed by atoms with Crippen molar-refractivity contribution in [3.05, 3.63) is 35.9 Å². The van der Waals surface area contributed by atoms with Crippen molar-refractivity contribution in [3.8, 4) is 0 Å². The zero-order valence-corrected chi connectivity index (χ0v) is 11.9. The Morgan fingerprint density at radius 3 is 2.85 bits per heavy atom. The molecule has 0 saturated carbocycles. The molecule has 0 N–H and O–H groups in total. The lowest BCUT2D eigenvalue weighted by molar-refractivity contribution is 0.0700. The van der Waals surface area contributed by atoms with Crippen molar-refractivity contribution in [2.24, 2.45) is 14.1 Å². The molecule has 1 amide bonds.